The Hall–Kier alpha value is -1.10. The van der Waals surface area contributed by atoms with Crippen LogP contribution < -0.4 is 10.1 Å². The number of rotatable bonds is 6. The van der Waals surface area contributed by atoms with Gasteiger partial charge in [0.25, 0.3) is 0 Å². The van der Waals surface area contributed by atoms with E-state index >= 15 is 0 Å². The molecule has 2 aliphatic heterocycles. The van der Waals surface area contributed by atoms with Crippen LogP contribution in [0.3, 0.4) is 0 Å². The first-order valence-electron chi connectivity index (χ1n) is 7.47. The molecular weight excluding hydrogens is 254 g/mol. The number of fused-ring (bicyclic) bond motifs is 2. The Kier molecular flexibility index (Phi) is 4.24. The van der Waals surface area contributed by atoms with Gasteiger partial charge in [0.15, 0.2) is 0 Å². The standard InChI is InChI=1S/C16H23NO3/c1-11-2-4-13(5-3-11)19-10-12(18)9-17-15-8-14-6-7-16(15)20-14/h2-5,12,14-18H,6-10H2,1H3. The zero-order chi connectivity index (χ0) is 13.9. The van der Waals surface area contributed by atoms with Gasteiger partial charge in [-0.1, -0.05) is 17.7 Å². The topological polar surface area (TPSA) is 50.7 Å². The fourth-order valence-electron chi connectivity index (χ4n) is 3.03. The summed E-state index contributed by atoms with van der Waals surface area (Å²) in [5.41, 5.74) is 1.20. The maximum absolute atomic E-state index is 9.97. The minimum absolute atomic E-state index is 0.317. The van der Waals surface area contributed by atoms with Crippen molar-refractivity contribution in [1.82, 2.24) is 5.32 Å². The normalized spacial score (nSPS) is 29.6. The third-order valence-corrected chi connectivity index (χ3v) is 4.19. The summed E-state index contributed by atoms with van der Waals surface area (Å²) >= 11 is 0. The van der Waals surface area contributed by atoms with Crippen molar-refractivity contribution in [3.05, 3.63) is 29.8 Å². The van der Waals surface area contributed by atoms with Gasteiger partial charge in [0.2, 0.25) is 0 Å². The summed E-state index contributed by atoms with van der Waals surface area (Å²) in [6.07, 6.45) is 3.73. The predicted octanol–water partition coefficient (Wildman–Crippen LogP) is 1.64. The van der Waals surface area contributed by atoms with E-state index < -0.39 is 6.10 Å². The molecule has 0 spiro atoms. The molecule has 20 heavy (non-hydrogen) atoms. The molecule has 4 heteroatoms. The van der Waals surface area contributed by atoms with Crippen molar-refractivity contribution in [1.29, 1.82) is 0 Å². The number of aryl methyl sites for hydroxylation is 1. The third kappa shape index (κ3) is 3.32. The maximum atomic E-state index is 9.97. The molecule has 2 fully saturated rings. The molecule has 4 nitrogen and oxygen atoms in total. The largest absolute Gasteiger partial charge is 0.491 e. The van der Waals surface area contributed by atoms with Gasteiger partial charge in [-0.3, -0.25) is 0 Å². The fraction of sp³-hybridized carbons (Fsp3) is 0.625. The third-order valence-electron chi connectivity index (χ3n) is 4.19. The number of aliphatic hydroxyl groups is 1. The number of hydrogen-bond acceptors (Lipinski definition) is 4. The van der Waals surface area contributed by atoms with Gasteiger partial charge in [-0.25, -0.2) is 0 Å². The second-order valence-corrected chi connectivity index (χ2v) is 5.90. The number of nitrogens with one attached hydrogen (secondary N) is 1. The van der Waals surface area contributed by atoms with Gasteiger partial charge in [-0.15, -0.1) is 0 Å². The molecule has 2 heterocycles. The molecule has 2 bridgehead atoms. The molecule has 0 amide bonds. The van der Waals surface area contributed by atoms with Crippen LogP contribution in [0.2, 0.25) is 0 Å². The lowest BCUT2D eigenvalue weighted by Crippen LogP contribution is -2.42. The van der Waals surface area contributed by atoms with Crippen LogP contribution in [-0.4, -0.2) is 42.6 Å². The van der Waals surface area contributed by atoms with Gasteiger partial charge < -0.3 is 19.9 Å². The van der Waals surface area contributed by atoms with E-state index in [2.05, 4.69) is 5.32 Å². The summed E-state index contributed by atoms with van der Waals surface area (Å²) in [6, 6.07) is 8.28. The van der Waals surface area contributed by atoms with Crippen LogP contribution in [0, 0.1) is 6.92 Å². The van der Waals surface area contributed by atoms with Crippen molar-refractivity contribution >= 4 is 0 Å². The van der Waals surface area contributed by atoms with Crippen molar-refractivity contribution in [2.24, 2.45) is 0 Å². The molecule has 2 saturated heterocycles. The molecule has 0 radical (unpaired) electrons. The summed E-state index contributed by atoms with van der Waals surface area (Å²) in [4.78, 5) is 0. The molecule has 0 aromatic heterocycles. The number of hydrogen-bond donors (Lipinski definition) is 2. The van der Waals surface area contributed by atoms with E-state index in [0.717, 1.165) is 18.6 Å². The summed E-state index contributed by atoms with van der Waals surface area (Å²) in [5.74, 6) is 0.804. The second kappa shape index (κ2) is 6.12. The van der Waals surface area contributed by atoms with Crippen LogP contribution in [0.4, 0.5) is 0 Å². The Morgan fingerprint density at radius 3 is 2.80 bits per heavy atom. The second-order valence-electron chi connectivity index (χ2n) is 5.90. The van der Waals surface area contributed by atoms with Crippen LogP contribution >= 0.6 is 0 Å². The molecule has 2 aliphatic rings. The summed E-state index contributed by atoms with van der Waals surface area (Å²) in [5, 5.41) is 13.4. The van der Waals surface area contributed by atoms with Gasteiger partial charge >= 0.3 is 0 Å². The minimum atomic E-state index is -0.490. The fourth-order valence-corrected chi connectivity index (χ4v) is 3.03. The van der Waals surface area contributed by atoms with Crippen molar-refractivity contribution in [2.75, 3.05) is 13.2 Å². The highest BCUT2D eigenvalue weighted by molar-refractivity contribution is 5.26. The van der Waals surface area contributed by atoms with Crippen LogP contribution in [0.15, 0.2) is 24.3 Å². The predicted molar refractivity (Wildman–Crippen MR) is 77.0 cm³/mol. The van der Waals surface area contributed by atoms with Crippen molar-refractivity contribution < 1.29 is 14.6 Å². The number of ether oxygens (including phenoxy) is 2. The lowest BCUT2D eigenvalue weighted by Gasteiger charge is -2.22. The Morgan fingerprint density at radius 2 is 2.15 bits per heavy atom. The molecular formula is C16H23NO3. The van der Waals surface area contributed by atoms with E-state index in [0.29, 0.717) is 31.4 Å². The van der Waals surface area contributed by atoms with Crippen LogP contribution in [0.25, 0.3) is 0 Å². The summed E-state index contributed by atoms with van der Waals surface area (Å²) < 4.78 is 11.4. The molecule has 110 valence electrons. The zero-order valence-electron chi connectivity index (χ0n) is 11.9. The van der Waals surface area contributed by atoms with Crippen molar-refractivity contribution in [3.8, 4) is 5.75 Å². The van der Waals surface area contributed by atoms with E-state index in [4.69, 9.17) is 9.47 Å². The molecule has 3 rings (SSSR count). The molecule has 4 unspecified atom stereocenters. The highest BCUT2D eigenvalue weighted by Gasteiger charge is 2.40. The van der Waals surface area contributed by atoms with Gasteiger partial charge in [-0.05, 0) is 38.3 Å². The van der Waals surface area contributed by atoms with Gasteiger partial charge in [0, 0.05) is 12.6 Å². The summed E-state index contributed by atoms with van der Waals surface area (Å²) in [7, 11) is 0. The van der Waals surface area contributed by atoms with Gasteiger partial charge in [-0.2, -0.15) is 0 Å². The van der Waals surface area contributed by atoms with Crippen LogP contribution in [0.1, 0.15) is 24.8 Å². The lowest BCUT2D eigenvalue weighted by atomic mass is 9.95. The van der Waals surface area contributed by atoms with Crippen molar-refractivity contribution in [3.63, 3.8) is 0 Å². The highest BCUT2D eigenvalue weighted by atomic mass is 16.5. The maximum Gasteiger partial charge on any atom is 0.119 e. The molecule has 1 aromatic rings. The Morgan fingerprint density at radius 1 is 1.35 bits per heavy atom. The van der Waals surface area contributed by atoms with E-state index in [1.165, 1.54) is 12.0 Å². The first-order chi connectivity index (χ1) is 9.70. The first kappa shape index (κ1) is 13.9. The van der Waals surface area contributed by atoms with E-state index in [9.17, 15) is 5.11 Å². The molecule has 0 saturated carbocycles. The minimum Gasteiger partial charge on any atom is -0.491 e. The van der Waals surface area contributed by atoms with E-state index in [1.54, 1.807) is 0 Å². The van der Waals surface area contributed by atoms with Gasteiger partial charge in [0.1, 0.15) is 18.5 Å². The molecule has 1 aromatic carbocycles. The van der Waals surface area contributed by atoms with Crippen molar-refractivity contribution in [2.45, 2.75) is 50.5 Å². The summed E-state index contributed by atoms with van der Waals surface area (Å²) in [6.45, 7) is 2.92. The smallest absolute Gasteiger partial charge is 0.119 e. The molecule has 4 atom stereocenters. The quantitative estimate of drug-likeness (QED) is 0.830. The van der Waals surface area contributed by atoms with Gasteiger partial charge in [0.05, 0.1) is 12.2 Å². The van der Waals surface area contributed by atoms with Crippen LogP contribution in [-0.2, 0) is 4.74 Å². The lowest BCUT2D eigenvalue weighted by molar-refractivity contribution is 0.0853. The van der Waals surface area contributed by atoms with Crippen LogP contribution in [0.5, 0.6) is 5.75 Å². The SMILES string of the molecule is Cc1ccc(OCC(O)CNC2CC3CCC2O3)cc1. The monoisotopic (exact) mass is 277 g/mol. The number of benzene rings is 1. The Labute approximate surface area is 120 Å². The average Bonchev–Trinajstić information content (AvgIpc) is 3.07. The molecule has 2 N–H and O–H groups in total. The Bertz CT molecular complexity index is 434. The Balaban J connectivity index is 1.37. The highest BCUT2D eigenvalue weighted by Crippen LogP contribution is 2.34. The first-order valence-corrected chi connectivity index (χ1v) is 7.47. The average molecular weight is 277 g/mol. The molecule has 0 aliphatic carbocycles. The van der Waals surface area contributed by atoms with E-state index in [-0.39, 0.29) is 0 Å². The zero-order valence-corrected chi connectivity index (χ0v) is 11.9. The number of aliphatic hydroxyl groups excluding tert-OH is 1. The van der Waals surface area contributed by atoms with E-state index in [1.807, 2.05) is 31.2 Å².